The van der Waals surface area contributed by atoms with Gasteiger partial charge in [-0.15, -0.1) is 0 Å². The lowest BCUT2D eigenvalue weighted by Crippen LogP contribution is -1.92. The van der Waals surface area contributed by atoms with E-state index >= 15 is 0 Å². The van der Waals surface area contributed by atoms with Gasteiger partial charge in [0.05, 0.1) is 6.04 Å². The van der Waals surface area contributed by atoms with Crippen LogP contribution >= 0.6 is 0 Å². The van der Waals surface area contributed by atoms with Crippen molar-refractivity contribution in [3.8, 4) is 0 Å². The zero-order valence-corrected chi connectivity index (χ0v) is 9.27. The topological polar surface area (TPSA) is 12.4 Å². The average molecular weight is 189 g/mol. The van der Waals surface area contributed by atoms with Gasteiger partial charge >= 0.3 is 0 Å². The number of hydrogen-bond acceptors (Lipinski definition) is 1. The van der Waals surface area contributed by atoms with E-state index in [0.29, 0.717) is 5.92 Å². The Morgan fingerprint density at radius 3 is 2.36 bits per heavy atom. The molecule has 76 valence electrons. The van der Waals surface area contributed by atoms with Crippen molar-refractivity contribution >= 4 is 6.21 Å². The van der Waals surface area contributed by atoms with Crippen molar-refractivity contribution in [2.24, 2.45) is 10.9 Å². The largest absolute Gasteiger partial charge is 0.290 e. The van der Waals surface area contributed by atoms with Crippen molar-refractivity contribution in [2.75, 3.05) is 0 Å². The van der Waals surface area contributed by atoms with Crippen molar-refractivity contribution in [1.82, 2.24) is 0 Å². The van der Waals surface area contributed by atoms with E-state index in [0.717, 1.165) is 6.42 Å². The highest BCUT2D eigenvalue weighted by Gasteiger charge is 1.99. The Labute approximate surface area is 86.9 Å². The smallest absolute Gasteiger partial charge is 0.0716 e. The van der Waals surface area contributed by atoms with Crippen LogP contribution in [0.25, 0.3) is 0 Å². The highest BCUT2D eigenvalue weighted by atomic mass is 14.8. The molecule has 0 heterocycles. The molecule has 1 aromatic carbocycles. The predicted octanol–water partition coefficient (Wildman–Crippen LogP) is 3.86. The van der Waals surface area contributed by atoms with Gasteiger partial charge in [0.2, 0.25) is 0 Å². The third-order valence-electron chi connectivity index (χ3n) is 2.19. The Hall–Kier alpha value is -1.11. The minimum atomic E-state index is 0.287. The molecule has 1 atom stereocenters. The average Bonchev–Trinajstić information content (AvgIpc) is 2.18. The first-order chi connectivity index (χ1) is 6.70. The van der Waals surface area contributed by atoms with Crippen molar-refractivity contribution in [3.05, 3.63) is 35.9 Å². The van der Waals surface area contributed by atoms with Crippen LogP contribution in [0.3, 0.4) is 0 Å². The monoisotopic (exact) mass is 189 g/mol. The Balaban J connectivity index is 2.50. The molecule has 0 spiro atoms. The highest BCUT2D eigenvalue weighted by molar-refractivity contribution is 5.57. The van der Waals surface area contributed by atoms with Crippen LogP contribution in [0.4, 0.5) is 0 Å². The fourth-order valence-electron chi connectivity index (χ4n) is 1.25. The SMILES string of the molecule is CC(C)CC=NC(C)c1ccccc1. The third-order valence-corrected chi connectivity index (χ3v) is 2.19. The fourth-order valence-corrected chi connectivity index (χ4v) is 1.25. The van der Waals surface area contributed by atoms with Crippen LogP contribution in [0.2, 0.25) is 0 Å². The van der Waals surface area contributed by atoms with Gasteiger partial charge in [0.1, 0.15) is 0 Å². The molecule has 1 aromatic rings. The van der Waals surface area contributed by atoms with Crippen LogP contribution in [0.5, 0.6) is 0 Å². The minimum Gasteiger partial charge on any atom is -0.290 e. The molecular formula is C13H19N. The van der Waals surface area contributed by atoms with E-state index in [1.54, 1.807) is 0 Å². The van der Waals surface area contributed by atoms with Crippen molar-refractivity contribution < 1.29 is 0 Å². The number of benzene rings is 1. The van der Waals surface area contributed by atoms with E-state index < -0.39 is 0 Å². The van der Waals surface area contributed by atoms with Crippen LogP contribution in [-0.2, 0) is 0 Å². The van der Waals surface area contributed by atoms with Gasteiger partial charge < -0.3 is 0 Å². The van der Waals surface area contributed by atoms with E-state index in [9.17, 15) is 0 Å². The summed E-state index contributed by atoms with van der Waals surface area (Å²) < 4.78 is 0. The lowest BCUT2D eigenvalue weighted by atomic mass is 10.1. The zero-order chi connectivity index (χ0) is 10.4. The van der Waals surface area contributed by atoms with Gasteiger partial charge in [0, 0.05) is 0 Å². The van der Waals surface area contributed by atoms with Crippen molar-refractivity contribution in [2.45, 2.75) is 33.2 Å². The molecule has 0 aromatic heterocycles. The van der Waals surface area contributed by atoms with Crippen LogP contribution in [-0.4, -0.2) is 6.21 Å². The van der Waals surface area contributed by atoms with Crippen LogP contribution in [0.15, 0.2) is 35.3 Å². The summed E-state index contributed by atoms with van der Waals surface area (Å²) in [5.74, 6) is 0.696. The van der Waals surface area contributed by atoms with Gasteiger partial charge in [0.25, 0.3) is 0 Å². The molecule has 0 aliphatic rings. The third kappa shape index (κ3) is 3.73. The molecule has 0 saturated carbocycles. The maximum atomic E-state index is 4.51. The standard InChI is InChI=1S/C13H19N/c1-11(2)9-10-14-12(3)13-7-5-4-6-8-13/h4-8,10-12H,9H2,1-3H3. The van der Waals surface area contributed by atoms with Crippen LogP contribution in [0.1, 0.15) is 38.8 Å². The molecule has 14 heavy (non-hydrogen) atoms. The summed E-state index contributed by atoms with van der Waals surface area (Å²) in [5.41, 5.74) is 1.28. The molecule has 0 radical (unpaired) electrons. The van der Waals surface area contributed by atoms with E-state index in [-0.39, 0.29) is 6.04 Å². The molecule has 0 saturated heterocycles. The van der Waals surface area contributed by atoms with Crippen molar-refractivity contribution in [1.29, 1.82) is 0 Å². The molecule has 1 rings (SSSR count). The Kier molecular flexibility index (Phi) is 4.37. The fraction of sp³-hybridized carbons (Fsp3) is 0.462. The molecule has 0 aliphatic carbocycles. The number of nitrogens with zero attached hydrogens (tertiary/aromatic N) is 1. The van der Waals surface area contributed by atoms with Gasteiger partial charge in [0.15, 0.2) is 0 Å². The van der Waals surface area contributed by atoms with Gasteiger partial charge in [-0.2, -0.15) is 0 Å². The first-order valence-electron chi connectivity index (χ1n) is 5.26. The Bertz CT molecular complexity index is 275. The summed E-state index contributed by atoms with van der Waals surface area (Å²) in [4.78, 5) is 4.51. The predicted molar refractivity (Wildman–Crippen MR) is 62.8 cm³/mol. The Morgan fingerprint density at radius 1 is 1.14 bits per heavy atom. The number of aliphatic imine (C=N–C) groups is 1. The van der Waals surface area contributed by atoms with Gasteiger partial charge in [-0.05, 0) is 31.0 Å². The summed E-state index contributed by atoms with van der Waals surface area (Å²) in [5, 5.41) is 0. The zero-order valence-electron chi connectivity index (χ0n) is 9.27. The highest BCUT2D eigenvalue weighted by Crippen LogP contribution is 2.15. The van der Waals surface area contributed by atoms with E-state index in [2.05, 4.69) is 50.0 Å². The summed E-state index contributed by atoms with van der Waals surface area (Å²) >= 11 is 0. The molecular weight excluding hydrogens is 170 g/mol. The number of hydrogen-bond donors (Lipinski definition) is 0. The molecule has 0 N–H and O–H groups in total. The second-order valence-electron chi connectivity index (χ2n) is 4.05. The normalized spacial score (nSPS) is 13.7. The molecule has 0 bridgehead atoms. The lowest BCUT2D eigenvalue weighted by Gasteiger charge is -2.06. The summed E-state index contributed by atoms with van der Waals surface area (Å²) in [6.45, 7) is 6.55. The van der Waals surface area contributed by atoms with E-state index in [1.807, 2.05) is 12.3 Å². The molecule has 1 nitrogen and oxygen atoms in total. The molecule has 0 aliphatic heterocycles. The summed E-state index contributed by atoms with van der Waals surface area (Å²) in [6, 6.07) is 10.7. The lowest BCUT2D eigenvalue weighted by molar-refractivity contribution is 0.684. The molecule has 1 unspecified atom stereocenters. The second kappa shape index (κ2) is 5.58. The minimum absolute atomic E-state index is 0.287. The second-order valence-corrected chi connectivity index (χ2v) is 4.05. The first kappa shape index (κ1) is 11.0. The maximum absolute atomic E-state index is 4.51. The van der Waals surface area contributed by atoms with Crippen molar-refractivity contribution in [3.63, 3.8) is 0 Å². The quantitative estimate of drug-likeness (QED) is 0.638. The van der Waals surface area contributed by atoms with E-state index in [1.165, 1.54) is 5.56 Å². The first-order valence-corrected chi connectivity index (χ1v) is 5.26. The molecule has 0 fully saturated rings. The van der Waals surface area contributed by atoms with Crippen LogP contribution < -0.4 is 0 Å². The maximum Gasteiger partial charge on any atom is 0.0716 e. The Morgan fingerprint density at radius 2 is 1.79 bits per heavy atom. The number of rotatable bonds is 4. The van der Waals surface area contributed by atoms with Crippen LogP contribution in [0, 0.1) is 5.92 Å². The molecule has 0 amide bonds. The van der Waals surface area contributed by atoms with E-state index in [4.69, 9.17) is 0 Å². The molecule has 1 heteroatoms. The summed E-state index contributed by atoms with van der Waals surface area (Å²) in [7, 11) is 0. The van der Waals surface area contributed by atoms with Gasteiger partial charge in [-0.3, -0.25) is 4.99 Å². The van der Waals surface area contributed by atoms with Gasteiger partial charge in [-0.25, -0.2) is 0 Å². The summed E-state index contributed by atoms with van der Waals surface area (Å²) in [6.07, 6.45) is 3.11. The van der Waals surface area contributed by atoms with Gasteiger partial charge in [-0.1, -0.05) is 44.2 Å².